The molecule has 3 aromatic heterocycles. The van der Waals surface area contributed by atoms with Crippen LogP contribution in [0.3, 0.4) is 0 Å². The lowest BCUT2D eigenvalue weighted by Gasteiger charge is -2.06. The molecule has 1 aromatic carbocycles. The lowest BCUT2D eigenvalue weighted by atomic mass is 10.3. The highest BCUT2D eigenvalue weighted by Crippen LogP contribution is 2.28. The zero-order valence-corrected chi connectivity index (χ0v) is 11.9. The number of aryl methyl sites for hydroxylation is 1. The molecule has 0 aliphatic heterocycles. The van der Waals surface area contributed by atoms with Crippen LogP contribution < -0.4 is 0 Å². The standard InChI is InChI=1S/C14H10N6S/c1-9-18-19-12-13(21-14-15-7-4-8-16-14)17-10-5-2-3-6-11(10)20(9)12/h2-8H,1H3. The van der Waals surface area contributed by atoms with E-state index < -0.39 is 0 Å². The Morgan fingerprint density at radius 2 is 1.81 bits per heavy atom. The van der Waals surface area contributed by atoms with E-state index in [0.29, 0.717) is 5.16 Å². The Hall–Kier alpha value is -2.54. The van der Waals surface area contributed by atoms with Gasteiger partial charge in [0, 0.05) is 12.4 Å². The number of hydrogen-bond acceptors (Lipinski definition) is 6. The molecule has 0 amide bonds. The van der Waals surface area contributed by atoms with Gasteiger partial charge in [-0.1, -0.05) is 12.1 Å². The Balaban J connectivity index is 1.99. The van der Waals surface area contributed by atoms with Gasteiger partial charge in [0.25, 0.3) is 0 Å². The summed E-state index contributed by atoms with van der Waals surface area (Å²) in [5, 5.41) is 9.80. The van der Waals surface area contributed by atoms with Gasteiger partial charge in [-0.25, -0.2) is 15.0 Å². The molecule has 3 heterocycles. The Bertz CT molecular complexity index is 934. The Morgan fingerprint density at radius 3 is 2.67 bits per heavy atom. The summed E-state index contributed by atoms with van der Waals surface area (Å²) in [6.45, 7) is 1.93. The average molecular weight is 294 g/mol. The highest BCUT2D eigenvalue weighted by atomic mass is 32.2. The number of nitrogens with zero attached hydrogens (tertiary/aromatic N) is 6. The second kappa shape index (κ2) is 4.78. The van der Waals surface area contributed by atoms with E-state index in [4.69, 9.17) is 0 Å². The minimum atomic E-state index is 0.642. The molecule has 0 aliphatic rings. The first-order valence-electron chi connectivity index (χ1n) is 6.38. The largest absolute Gasteiger partial charge is 0.275 e. The SMILES string of the molecule is Cc1nnc2c(Sc3ncccn3)nc3ccccc3n12. The van der Waals surface area contributed by atoms with Crippen LogP contribution in [0.4, 0.5) is 0 Å². The molecular formula is C14H10N6S. The van der Waals surface area contributed by atoms with E-state index in [1.54, 1.807) is 18.5 Å². The van der Waals surface area contributed by atoms with Crippen molar-refractivity contribution in [3.8, 4) is 0 Å². The molecule has 0 unspecified atom stereocenters. The van der Waals surface area contributed by atoms with E-state index in [1.165, 1.54) is 11.8 Å². The molecule has 0 bridgehead atoms. The van der Waals surface area contributed by atoms with E-state index in [2.05, 4.69) is 25.1 Å². The topological polar surface area (TPSA) is 68.9 Å². The number of aromatic nitrogens is 6. The fraction of sp³-hybridized carbons (Fsp3) is 0.0714. The zero-order valence-electron chi connectivity index (χ0n) is 11.1. The number of benzene rings is 1. The van der Waals surface area contributed by atoms with E-state index in [0.717, 1.165) is 27.5 Å². The highest BCUT2D eigenvalue weighted by Gasteiger charge is 2.14. The molecule has 0 aliphatic carbocycles. The van der Waals surface area contributed by atoms with Gasteiger partial charge in [-0.2, -0.15) is 0 Å². The predicted molar refractivity (Wildman–Crippen MR) is 79.2 cm³/mol. The monoisotopic (exact) mass is 294 g/mol. The van der Waals surface area contributed by atoms with Crippen molar-refractivity contribution in [2.24, 2.45) is 0 Å². The third kappa shape index (κ3) is 2.02. The van der Waals surface area contributed by atoms with Gasteiger partial charge < -0.3 is 0 Å². The molecule has 4 rings (SSSR count). The summed E-state index contributed by atoms with van der Waals surface area (Å²) >= 11 is 1.39. The van der Waals surface area contributed by atoms with Gasteiger partial charge in [-0.05, 0) is 36.9 Å². The van der Waals surface area contributed by atoms with Crippen molar-refractivity contribution in [1.29, 1.82) is 0 Å². The first kappa shape index (κ1) is 12.2. The molecule has 0 saturated heterocycles. The third-order valence-electron chi connectivity index (χ3n) is 3.09. The summed E-state index contributed by atoms with van der Waals surface area (Å²) in [6, 6.07) is 9.72. The molecule has 0 N–H and O–H groups in total. The molecule has 0 spiro atoms. The molecule has 6 nitrogen and oxygen atoms in total. The predicted octanol–water partition coefficient (Wildman–Crippen LogP) is 2.53. The van der Waals surface area contributed by atoms with Crippen molar-refractivity contribution in [2.75, 3.05) is 0 Å². The van der Waals surface area contributed by atoms with Gasteiger partial charge in [0.05, 0.1) is 11.0 Å². The molecule has 21 heavy (non-hydrogen) atoms. The Labute approximate surface area is 124 Å². The summed E-state index contributed by atoms with van der Waals surface area (Å²) < 4.78 is 2.01. The van der Waals surface area contributed by atoms with Crippen LogP contribution in [0.5, 0.6) is 0 Å². The van der Waals surface area contributed by atoms with E-state index >= 15 is 0 Å². The van der Waals surface area contributed by atoms with Crippen LogP contribution in [0, 0.1) is 6.92 Å². The number of fused-ring (bicyclic) bond motifs is 3. The summed E-state index contributed by atoms with van der Waals surface area (Å²) in [7, 11) is 0. The minimum absolute atomic E-state index is 0.642. The van der Waals surface area contributed by atoms with Crippen LogP contribution in [-0.4, -0.2) is 29.5 Å². The van der Waals surface area contributed by atoms with Crippen LogP contribution >= 0.6 is 11.8 Å². The molecule has 4 aromatic rings. The van der Waals surface area contributed by atoms with Gasteiger partial charge in [0.1, 0.15) is 10.9 Å². The lowest BCUT2D eigenvalue weighted by molar-refractivity contribution is 0.960. The van der Waals surface area contributed by atoms with Gasteiger partial charge in [-0.3, -0.25) is 4.40 Å². The Morgan fingerprint density at radius 1 is 1.00 bits per heavy atom. The molecular weight excluding hydrogens is 284 g/mol. The summed E-state index contributed by atoms with van der Waals surface area (Å²) in [5.41, 5.74) is 2.61. The fourth-order valence-electron chi connectivity index (χ4n) is 2.19. The van der Waals surface area contributed by atoms with Crippen LogP contribution in [0.1, 0.15) is 5.82 Å². The highest BCUT2D eigenvalue weighted by molar-refractivity contribution is 7.99. The smallest absolute Gasteiger partial charge is 0.194 e. The summed E-state index contributed by atoms with van der Waals surface area (Å²) in [4.78, 5) is 13.1. The van der Waals surface area contributed by atoms with E-state index in [9.17, 15) is 0 Å². The lowest BCUT2D eigenvalue weighted by Crippen LogP contribution is -1.97. The van der Waals surface area contributed by atoms with Gasteiger partial charge in [-0.15, -0.1) is 10.2 Å². The van der Waals surface area contributed by atoms with Crippen molar-refractivity contribution in [3.05, 3.63) is 48.5 Å². The molecule has 0 atom stereocenters. The first-order valence-corrected chi connectivity index (χ1v) is 7.20. The fourth-order valence-corrected chi connectivity index (χ4v) is 2.96. The maximum Gasteiger partial charge on any atom is 0.194 e. The molecule has 0 saturated carbocycles. The van der Waals surface area contributed by atoms with Crippen LogP contribution in [0.15, 0.2) is 52.9 Å². The van der Waals surface area contributed by atoms with E-state index in [1.807, 2.05) is 35.6 Å². The van der Waals surface area contributed by atoms with Gasteiger partial charge >= 0.3 is 0 Å². The minimum Gasteiger partial charge on any atom is -0.275 e. The van der Waals surface area contributed by atoms with Gasteiger partial charge in [0.2, 0.25) is 0 Å². The van der Waals surface area contributed by atoms with Crippen molar-refractivity contribution < 1.29 is 0 Å². The quantitative estimate of drug-likeness (QED) is 0.529. The summed E-state index contributed by atoms with van der Waals surface area (Å²) in [5.74, 6) is 0.833. The van der Waals surface area contributed by atoms with Gasteiger partial charge in [0.15, 0.2) is 10.8 Å². The van der Waals surface area contributed by atoms with Crippen molar-refractivity contribution in [1.82, 2.24) is 29.5 Å². The molecule has 0 fully saturated rings. The van der Waals surface area contributed by atoms with E-state index in [-0.39, 0.29) is 0 Å². The maximum absolute atomic E-state index is 4.67. The molecule has 102 valence electrons. The van der Waals surface area contributed by atoms with Crippen molar-refractivity contribution in [2.45, 2.75) is 17.1 Å². The number of rotatable bonds is 2. The number of para-hydroxylation sites is 2. The van der Waals surface area contributed by atoms with Crippen molar-refractivity contribution >= 4 is 28.4 Å². The first-order chi connectivity index (χ1) is 10.3. The second-order valence-electron chi connectivity index (χ2n) is 4.45. The second-order valence-corrected chi connectivity index (χ2v) is 5.40. The Kier molecular flexibility index (Phi) is 2.78. The van der Waals surface area contributed by atoms with Crippen LogP contribution in [0.25, 0.3) is 16.7 Å². The van der Waals surface area contributed by atoms with Crippen molar-refractivity contribution in [3.63, 3.8) is 0 Å². The third-order valence-corrected chi connectivity index (χ3v) is 3.95. The van der Waals surface area contributed by atoms with Crippen LogP contribution in [0.2, 0.25) is 0 Å². The molecule has 0 radical (unpaired) electrons. The number of hydrogen-bond donors (Lipinski definition) is 0. The normalized spacial score (nSPS) is 11.3. The summed E-state index contributed by atoms with van der Waals surface area (Å²) in [6.07, 6.45) is 3.42. The molecule has 7 heteroatoms. The zero-order chi connectivity index (χ0) is 14.2. The van der Waals surface area contributed by atoms with Crippen LogP contribution in [-0.2, 0) is 0 Å². The average Bonchev–Trinajstić information content (AvgIpc) is 2.91. The maximum atomic E-state index is 4.67.